The van der Waals surface area contributed by atoms with E-state index in [9.17, 15) is 9.18 Å². The molecule has 0 radical (unpaired) electrons. The molecule has 0 unspecified atom stereocenters. The first-order valence-electron chi connectivity index (χ1n) is 7.64. The predicted molar refractivity (Wildman–Crippen MR) is 78.6 cm³/mol. The fourth-order valence-corrected chi connectivity index (χ4v) is 3.04. The van der Waals surface area contributed by atoms with Gasteiger partial charge in [0, 0.05) is 38.4 Å². The van der Waals surface area contributed by atoms with Gasteiger partial charge in [-0.25, -0.2) is 9.18 Å². The lowest BCUT2D eigenvalue weighted by atomic mass is 10.0. The molecule has 21 heavy (non-hydrogen) atoms. The van der Waals surface area contributed by atoms with Crippen LogP contribution in [0.5, 0.6) is 0 Å². The molecule has 0 atom stereocenters. The number of halogens is 1. The molecule has 0 bridgehead atoms. The number of likely N-dealkylation sites (tertiary alicyclic amines) is 2. The molecule has 1 aromatic rings. The summed E-state index contributed by atoms with van der Waals surface area (Å²) in [6.45, 7) is 3.25. The lowest BCUT2D eigenvalue weighted by Crippen LogP contribution is -2.47. The lowest BCUT2D eigenvalue weighted by molar-refractivity contribution is 0.150. The quantitative estimate of drug-likeness (QED) is 0.910. The van der Waals surface area contributed by atoms with E-state index in [2.05, 4.69) is 10.3 Å². The summed E-state index contributed by atoms with van der Waals surface area (Å²) < 4.78 is 13.6. The number of urea groups is 1. The fraction of sp³-hybridized carbons (Fsp3) is 0.600. The monoisotopic (exact) mass is 292 g/mol. The van der Waals surface area contributed by atoms with Crippen LogP contribution < -0.4 is 5.32 Å². The van der Waals surface area contributed by atoms with E-state index in [1.165, 1.54) is 6.20 Å². The number of nitrogens with zero attached hydrogens (tertiary/aromatic N) is 3. The van der Waals surface area contributed by atoms with Gasteiger partial charge >= 0.3 is 6.03 Å². The molecule has 114 valence electrons. The minimum atomic E-state index is -0.326. The van der Waals surface area contributed by atoms with E-state index in [0.29, 0.717) is 5.69 Å². The third-order valence-corrected chi connectivity index (χ3v) is 4.27. The molecule has 3 rings (SSSR count). The summed E-state index contributed by atoms with van der Waals surface area (Å²) in [5, 5.41) is 3.21. The van der Waals surface area contributed by atoms with Crippen LogP contribution in [-0.2, 0) is 0 Å². The van der Waals surface area contributed by atoms with Crippen molar-refractivity contribution in [1.82, 2.24) is 14.8 Å². The molecule has 0 aromatic carbocycles. The standard InChI is InChI=1S/C15H21FN4O/c16-13-11-17-6-3-14(13)18-12-4-9-20(10-5-12)15(21)19-7-1-2-8-19/h3,6,11-12H,1-2,4-5,7-10H2,(H,17,18). The Labute approximate surface area is 124 Å². The zero-order valence-electron chi connectivity index (χ0n) is 12.1. The summed E-state index contributed by atoms with van der Waals surface area (Å²) in [5.41, 5.74) is 0.495. The summed E-state index contributed by atoms with van der Waals surface area (Å²) in [6, 6.07) is 2.03. The summed E-state index contributed by atoms with van der Waals surface area (Å²) in [4.78, 5) is 19.9. The first-order valence-corrected chi connectivity index (χ1v) is 7.64. The Morgan fingerprint density at radius 2 is 1.86 bits per heavy atom. The van der Waals surface area contributed by atoms with E-state index in [0.717, 1.165) is 51.9 Å². The number of rotatable bonds is 2. The molecule has 1 N–H and O–H groups in total. The van der Waals surface area contributed by atoms with Crippen molar-refractivity contribution in [2.45, 2.75) is 31.7 Å². The van der Waals surface area contributed by atoms with Gasteiger partial charge in [-0.2, -0.15) is 0 Å². The Hall–Kier alpha value is -1.85. The second-order valence-electron chi connectivity index (χ2n) is 5.74. The number of pyridine rings is 1. The van der Waals surface area contributed by atoms with Crippen molar-refractivity contribution in [1.29, 1.82) is 0 Å². The van der Waals surface area contributed by atoms with E-state index in [1.807, 2.05) is 9.80 Å². The third kappa shape index (κ3) is 3.25. The molecular weight excluding hydrogens is 271 g/mol. The summed E-state index contributed by atoms with van der Waals surface area (Å²) in [7, 11) is 0. The molecule has 2 aliphatic heterocycles. The van der Waals surface area contributed by atoms with E-state index in [-0.39, 0.29) is 17.9 Å². The van der Waals surface area contributed by atoms with Gasteiger partial charge in [-0.3, -0.25) is 4.98 Å². The van der Waals surface area contributed by atoms with Gasteiger partial charge in [0.1, 0.15) is 0 Å². The smallest absolute Gasteiger partial charge is 0.319 e. The van der Waals surface area contributed by atoms with Gasteiger partial charge in [0.15, 0.2) is 5.82 Å². The van der Waals surface area contributed by atoms with Crippen LogP contribution in [0, 0.1) is 5.82 Å². The molecule has 6 heteroatoms. The third-order valence-electron chi connectivity index (χ3n) is 4.27. The lowest BCUT2D eigenvalue weighted by Gasteiger charge is -2.35. The van der Waals surface area contributed by atoms with Crippen LogP contribution in [0.2, 0.25) is 0 Å². The predicted octanol–water partition coefficient (Wildman–Crippen LogP) is 2.31. The highest BCUT2D eigenvalue weighted by molar-refractivity contribution is 5.74. The number of aromatic nitrogens is 1. The number of carbonyl (C=O) groups is 1. The Morgan fingerprint density at radius 1 is 1.19 bits per heavy atom. The second-order valence-corrected chi connectivity index (χ2v) is 5.74. The first kappa shape index (κ1) is 14.1. The SMILES string of the molecule is O=C(N1CCCC1)N1CCC(Nc2ccncc2F)CC1. The number of nitrogens with one attached hydrogen (secondary N) is 1. The van der Waals surface area contributed by atoms with Crippen molar-refractivity contribution < 1.29 is 9.18 Å². The largest absolute Gasteiger partial charge is 0.380 e. The van der Waals surface area contributed by atoms with Crippen LogP contribution in [-0.4, -0.2) is 53.0 Å². The van der Waals surface area contributed by atoms with Crippen LogP contribution in [0.1, 0.15) is 25.7 Å². The number of anilines is 1. The maximum absolute atomic E-state index is 13.6. The highest BCUT2D eigenvalue weighted by atomic mass is 19.1. The number of hydrogen-bond acceptors (Lipinski definition) is 3. The van der Waals surface area contributed by atoms with Crippen LogP contribution in [0.15, 0.2) is 18.5 Å². The van der Waals surface area contributed by atoms with Crippen LogP contribution >= 0.6 is 0 Å². The second kappa shape index (κ2) is 6.28. The highest BCUT2D eigenvalue weighted by Gasteiger charge is 2.27. The van der Waals surface area contributed by atoms with Crippen LogP contribution in [0.3, 0.4) is 0 Å². The highest BCUT2D eigenvalue weighted by Crippen LogP contribution is 2.20. The van der Waals surface area contributed by atoms with Crippen molar-refractivity contribution in [3.05, 3.63) is 24.3 Å². The maximum atomic E-state index is 13.6. The average Bonchev–Trinajstić information content (AvgIpc) is 3.04. The van der Waals surface area contributed by atoms with Crippen LogP contribution in [0.25, 0.3) is 0 Å². The molecule has 1 aromatic heterocycles. The zero-order chi connectivity index (χ0) is 14.7. The molecule has 2 aliphatic rings. The molecule has 0 spiro atoms. The van der Waals surface area contributed by atoms with Crippen molar-refractivity contribution in [2.75, 3.05) is 31.5 Å². The summed E-state index contributed by atoms with van der Waals surface area (Å²) >= 11 is 0. The van der Waals surface area contributed by atoms with Gasteiger partial charge in [0.25, 0.3) is 0 Å². The first-order chi connectivity index (χ1) is 10.2. The number of amides is 2. The van der Waals surface area contributed by atoms with Crippen molar-refractivity contribution >= 4 is 11.7 Å². The maximum Gasteiger partial charge on any atom is 0.319 e. The number of carbonyl (C=O) groups excluding carboxylic acids is 1. The van der Waals surface area contributed by atoms with Gasteiger partial charge in [0.05, 0.1) is 11.9 Å². The van der Waals surface area contributed by atoms with E-state index < -0.39 is 0 Å². The van der Waals surface area contributed by atoms with Gasteiger partial charge < -0.3 is 15.1 Å². The Morgan fingerprint density at radius 3 is 2.52 bits per heavy atom. The van der Waals surface area contributed by atoms with Crippen molar-refractivity contribution in [2.24, 2.45) is 0 Å². The Balaban J connectivity index is 1.51. The average molecular weight is 292 g/mol. The molecule has 0 saturated carbocycles. The zero-order valence-corrected chi connectivity index (χ0v) is 12.1. The molecule has 2 fully saturated rings. The van der Waals surface area contributed by atoms with Gasteiger partial charge in [-0.05, 0) is 31.7 Å². The Bertz CT molecular complexity index is 496. The van der Waals surface area contributed by atoms with Gasteiger partial charge in [0.2, 0.25) is 0 Å². The number of hydrogen-bond donors (Lipinski definition) is 1. The van der Waals surface area contributed by atoms with Gasteiger partial charge in [-0.15, -0.1) is 0 Å². The molecule has 5 nitrogen and oxygen atoms in total. The van der Waals surface area contributed by atoms with Gasteiger partial charge in [-0.1, -0.05) is 0 Å². The summed E-state index contributed by atoms with van der Waals surface area (Å²) in [6.07, 6.45) is 6.73. The molecule has 2 saturated heterocycles. The van der Waals surface area contributed by atoms with Crippen molar-refractivity contribution in [3.8, 4) is 0 Å². The number of piperidine rings is 1. The van der Waals surface area contributed by atoms with Crippen LogP contribution in [0.4, 0.5) is 14.9 Å². The fourth-order valence-electron chi connectivity index (χ4n) is 3.04. The van der Waals surface area contributed by atoms with E-state index in [1.54, 1.807) is 12.3 Å². The molecule has 2 amide bonds. The molecule has 0 aliphatic carbocycles. The minimum Gasteiger partial charge on any atom is -0.380 e. The minimum absolute atomic E-state index is 0.168. The van der Waals surface area contributed by atoms with Crippen molar-refractivity contribution in [3.63, 3.8) is 0 Å². The van der Waals surface area contributed by atoms with E-state index in [4.69, 9.17) is 0 Å². The normalized spacial score (nSPS) is 19.9. The molecular formula is C15H21FN4O. The Kier molecular flexibility index (Phi) is 4.22. The topological polar surface area (TPSA) is 48.5 Å². The summed E-state index contributed by atoms with van der Waals surface area (Å²) in [5.74, 6) is -0.326. The molecule has 3 heterocycles. The van der Waals surface area contributed by atoms with E-state index >= 15 is 0 Å².